The standard InChI is InChI=1S/C16H25NO3/c1-3-4-10-20-11-6-9-17-16(18)15-8-5-7-14(12-15)13-19-2/h5,7-8,12H,3-4,6,9-11,13H2,1-2H3,(H,17,18). The maximum atomic E-state index is 11.9. The Morgan fingerprint density at radius 3 is 2.80 bits per heavy atom. The van der Waals surface area contributed by atoms with E-state index in [9.17, 15) is 4.79 Å². The smallest absolute Gasteiger partial charge is 0.251 e. The van der Waals surface area contributed by atoms with Gasteiger partial charge in [-0.25, -0.2) is 0 Å². The van der Waals surface area contributed by atoms with Crippen molar-refractivity contribution in [1.29, 1.82) is 0 Å². The quantitative estimate of drug-likeness (QED) is 0.670. The van der Waals surface area contributed by atoms with Crippen LogP contribution in [0.15, 0.2) is 24.3 Å². The summed E-state index contributed by atoms with van der Waals surface area (Å²) in [6.45, 7) is 4.81. The van der Waals surface area contributed by atoms with Crippen LogP contribution in [0.5, 0.6) is 0 Å². The minimum atomic E-state index is -0.0449. The summed E-state index contributed by atoms with van der Waals surface area (Å²) in [5.74, 6) is -0.0449. The summed E-state index contributed by atoms with van der Waals surface area (Å²) in [6, 6.07) is 7.49. The van der Waals surface area contributed by atoms with Crippen molar-refractivity contribution in [2.45, 2.75) is 32.8 Å². The highest BCUT2D eigenvalue weighted by molar-refractivity contribution is 5.94. The van der Waals surface area contributed by atoms with Gasteiger partial charge >= 0.3 is 0 Å². The maximum Gasteiger partial charge on any atom is 0.251 e. The van der Waals surface area contributed by atoms with E-state index in [2.05, 4.69) is 12.2 Å². The van der Waals surface area contributed by atoms with E-state index in [1.54, 1.807) is 7.11 Å². The Balaban J connectivity index is 2.23. The molecule has 0 unspecified atom stereocenters. The minimum Gasteiger partial charge on any atom is -0.381 e. The lowest BCUT2D eigenvalue weighted by Crippen LogP contribution is -2.25. The SMILES string of the molecule is CCCCOCCCNC(=O)c1cccc(COC)c1. The number of carbonyl (C=O) groups is 1. The Morgan fingerprint density at radius 1 is 1.25 bits per heavy atom. The van der Waals surface area contributed by atoms with Crippen LogP contribution in [-0.2, 0) is 16.1 Å². The molecule has 0 aliphatic rings. The molecule has 1 amide bonds. The van der Waals surface area contributed by atoms with Gasteiger partial charge in [0.1, 0.15) is 0 Å². The number of carbonyl (C=O) groups excluding carboxylic acids is 1. The van der Waals surface area contributed by atoms with Crippen LogP contribution in [0.3, 0.4) is 0 Å². The predicted octanol–water partition coefficient (Wildman–Crippen LogP) is 2.77. The highest BCUT2D eigenvalue weighted by Gasteiger charge is 2.05. The first kappa shape index (κ1) is 16.7. The van der Waals surface area contributed by atoms with Gasteiger partial charge in [-0.15, -0.1) is 0 Å². The molecule has 0 aliphatic heterocycles. The molecule has 0 atom stereocenters. The van der Waals surface area contributed by atoms with Crippen molar-refractivity contribution < 1.29 is 14.3 Å². The molecule has 0 heterocycles. The van der Waals surface area contributed by atoms with Gasteiger partial charge in [0, 0.05) is 32.4 Å². The molecule has 0 saturated heterocycles. The van der Waals surface area contributed by atoms with Crippen LogP contribution in [0.4, 0.5) is 0 Å². The monoisotopic (exact) mass is 279 g/mol. The molecule has 20 heavy (non-hydrogen) atoms. The number of nitrogens with one attached hydrogen (secondary N) is 1. The molecule has 1 rings (SSSR count). The van der Waals surface area contributed by atoms with Gasteiger partial charge < -0.3 is 14.8 Å². The molecule has 0 saturated carbocycles. The van der Waals surface area contributed by atoms with Crippen LogP contribution >= 0.6 is 0 Å². The molecule has 0 radical (unpaired) electrons. The lowest BCUT2D eigenvalue weighted by atomic mass is 10.1. The highest BCUT2D eigenvalue weighted by atomic mass is 16.5. The van der Waals surface area contributed by atoms with Crippen molar-refractivity contribution in [3.05, 3.63) is 35.4 Å². The normalized spacial score (nSPS) is 10.5. The number of methoxy groups -OCH3 is 1. The van der Waals surface area contributed by atoms with E-state index in [4.69, 9.17) is 9.47 Å². The third-order valence-electron chi connectivity index (χ3n) is 2.89. The van der Waals surface area contributed by atoms with Crippen molar-refractivity contribution in [3.63, 3.8) is 0 Å². The van der Waals surface area contributed by atoms with Gasteiger partial charge in [-0.2, -0.15) is 0 Å². The van der Waals surface area contributed by atoms with Crippen molar-refractivity contribution in [3.8, 4) is 0 Å². The van der Waals surface area contributed by atoms with Gasteiger partial charge in [-0.05, 0) is 30.5 Å². The molecule has 1 N–H and O–H groups in total. The first-order chi connectivity index (χ1) is 9.77. The summed E-state index contributed by atoms with van der Waals surface area (Å²) in [7, 11) is 1.64. The molecule has 112 valence electrons. The Kier molecular flexibility index (Phi) is 8.67. The predicted molar refractivity (Wildman–Crippen MR) is 79.8 cm³/mol. The zero-order valence-corrected chi connectivity index (χ0v) is 12.5. The number of rotatable bonds is 10. The first-order valence-electron chi connectivity index (χ1n) is 7.21. The second-order valence-corrected chi connectivity index (χ2v) is 4.71. The summed E-state index contributed by atoms with van der Waals surface area (Å²) in [5.41, 5.74) is 1.68. The fourth-order valence-electron chi connectivity index (χ4n) is 1.80. The van der Waals surface area contributed by atoms with Gasteiger partial charge in [-0.3, -0.25) is 4.79 Å². The number of amides is 1. The summed E-state index contributed by atoms with van der Waals surface area (Å²) in [4.78, 5) is 11.9. The lowest BCUT2D eigenvalue weighted by molar-refractivity contribution is 0.0940. The second-order valence-electron chi connectivity index (χ2n) is 4.71. The number of benzene rings is 1. The van der Waals surface area contributed by atoms with Crippen LogP contribution in [0.1, 0.15) is 42.1 Å². The van der Waals surface area contributed by atoms with Gasteiger partial charge in [0.05, 0.1) is 6.61 Å². The number of hydrogen-bond acceptors (Lipinski definition) is 3. The fourth-order valence-corrected chi connectivity index (χ4v) is 1.80. The molecule has 4 heteroatoms. The maximum absolute atomic E-state index is 11.9. The molecule has 0 aromatic heterocycles. The van der Waals surface area contributed by atoms with Crippen LogP contribution in [0.2, 0.25) is 0 Å². The van der Waals surface area contributed by atoms with E-state index in [0.717, 1.165) is 31.4 Å². The summed E-state index contributed by atoms with van der Waals surface area (Å²) in [5, 5.41) is 2.90. The average molecular weight is 279 g/mol. The average Bonchev–Trinajstić information content (AvgIpc) is 2.47. The van der Waals surface area contributed by atoms with Gasteiger partial charge in [0.25, 0.3) is 5.91 Å². The van der Waals surface area contributed by atoms with Crippen molar-refractivity contribution in [2.75, 3.05) is 26.9 Å². The van der Waals surface area contributed by atoms with Gasteiger partial charge in [0.15, 0.2) is 0 Å². The Hall–Kier alpha value is -1.39. The van der Waals surface area contributed by atoms with Crippen LogP contribution in [-0.4, -0.2) is 32.8 Å². The third-order valence-corrected chi connectivity index (χ3v) is 2.89. The molecule has 4 nitrogen and oxygen atoms in total. The lowest BCUT2D eigenvalue weighted by Gasteiger charge is -2.07. The number of unbranched alkanes of at least 4 members (excludes halogenated alkanes) is 1. The summed E-state index contributed by atoms with van der Waals surface area (Å²) < 4.78 is 10.5. The number of hydrogen-bond donors (Lipinski definition) is 1. The van der Waals surface area contributed by atoms with E-state index >= 15 is 0 Å². The molecular weight excluding hydrogens is 254 g/mol. The zero-order valence-electron chi connectivity index (χ0n) is 12.5. The summed E-state index contributed by atoms with van der Waals surface area (Å²) in [6.07, 6.45) is 3.08. The Bertz CT molecular complexity index is 393. The molecule has 0 bridgehead atoms. The van der Waals surface area contributed by atoms with E-state index < -0.39 is 0 Å². The molecule has 0 fully saturated rings. The summed E-state index contributed by atoms with van der Waals surface area (Å²) >= 11 is 0. The van der Waals surface area contributed by atoms with Crippen LogP contribution in [0.25, 0.3) is 0 Å². The molecule has 1 aromatic rings. The van der Waals surface area contributed by atoms with Crippen LogP contribution < -0.4 is 5.32 Å². The van der Waals surface area contributed by atoms with Crippen molar-refractivity contribution in [2.24, 2.45) is 0 Å². The molecular formula is C16H25NO3. The third kappa shape index (κ3) is 6.68. The van der Waals surface area contributed by atoms with E-state index in [0.29, 0.717) is 25.3 Å². The second kappa shape index (κ2) is 10.4. The Labute approximate surface area is 121 Å². The topological polar surface area (TPSA) is 47.6 Å². The molecule has 0 spiro atoms. The van der Waals surface area contributed by atoms with E-state index in [1.807, 2.05) is 24.3 Å². The fraction of sp³-hybridized carbons (Fsp3) is 0.562. The van der Waals surface area contributed by atoms with Crippen molar-refractivity contribution in [1.82, 2.24) is 5.32 Å². The van der Waals surface area contributed by atoms with Gasteiger partial charge in [0.2, 0.25) is 0 Å². The van der Waals surface area contributed by atoms with E-state index in [-0.39, 0.29) is 5.91 Å². The molecule has 1 aromatic carbocycles. The number of ether oxygens (including phenoxy) is 2. The van der Waals surface area contributed by atoms with Gasteiger partial charge in [-0.1, -0.05) is 25.5 Å². The highest BCUT2D eigenvalue weighted by Crippen LogP contribution is 2.06. The zero-order chi connectivity index (χ0) is 14.6. The molecule has 0 aliphatic carbocycles. The first-order valence-corrected chi connectivity index (χ1v) is 7.21. The van der Waals surface area contributed by atoms with Crippen LogP contribution in [0, 0.1) is 0 Å². The van der Waals surface area contributed by atoms with Crippen molar-refractivity contribution >= 4 is 5.91 Å². The largest absolute Gasteiger partial charge is 0.381 e. The minimum absolute atomic E-state index is 0.0449. The Morgan fingerprint density at radius 2 is 2.05 bits per heavy atom. The van der Waals surface area contributed by atoms with E-state index in [1.165, 1.54) is 0 Å².